The van der Waals surface area contributed by atoms with Gasteiger partial charge in [0.2, 0.25) is 0 Å². The quantitative estimate of drug-likeness (QED) is 0.833. The second-order valence-corrected chi connectivity index (χ2v) is 7.66. The number of aromatic nitrogens is 1. The second kappa shape index (κ2) is 7.72. The zero-order valence-electron chi connectivity index (χ0n) is 14.5. The minimum Gasteiger partial charge on any atom is -0.461 e. The van der Waals surface area contributed by atoms with Crippen LogP contribution in [0.15, 0.2) is 30.5 Å². The van der Waals surface area contributed by atoms with Crippen LogP contribution in [-0.2, 0) is 14.3 Å². The van der Waals surface area contributed by atoms with E-state index >= 15 is 0 Å². The molecule has 0 unspecified atom stereocenters. The fourth-order valence-electron chi connectivity index (χ4n) is 3.45. The number of amides is 1. The molecular weight excluding hydrogens is 352 g/mol. The molecule has 1 N–H and O–H groups in total. The van der Waals surface area contributed by atoms with E-state index < -0.39 is 6.04 Å². The van der Waals surface area contributed by atoms with Gasteiger partial charge in [0.15, 0.2) is 0 Å². The van der Waals surface area contributed by atoms with Crippen LogP contribution in [0, 0.1) is 0 Å². The fraction of sp³-hybridized carbons (Fsp3) is 0.474. The van der Waals surface area contributed by atoms with Crippen LogP contribution in [0.2, 0.25) is 0 Å². The third kappa shape index (κ3) is 3.46. The number of thioether (sulfide) groups is 1. The Hall–Kier alpha value is -1.99. The van der Waals surface area contributed by atoms with Crippen LogP contribution in [0.4, 0.5) is 0 Å². The van der Waals surface area contributed by atoms with Crippen molar-refractivity contribution in [2.24, 2.45) is 0 Å². The first kappa shape index (κ1) is 17.4. The zero-order chi connectivity index (χ0) is 17.9. The van der Waals surface area contributed by atoms with E-state index in [0.717, 1.165) is 36.8 Å². The van der Waals surface area contributed by atoms with Gasteiger partial charge in [0, 0.05) is 29.5 Å². The normalized spacial score (nSPS) is 23.3. The summed E-state index contributed by atoms with van der Waals surface area (Å²) in [6, 6.07) is 7.13. The van der Waals surface area contributed by atoms with Crippen molar-refractivity contribution < 1.29 is 19.1 Å². The number of aromatic amines is 1. The fourth-order valence-corrected chi connectivity index (χ4v) is 4.59. The van der Waals surface area contributed by atoms with Gasteiger partial charge in [-0.3, -0.25) is 4.79 Å². The highest BCUT2D eigenvalue weighted by molar-refractivity contribution is 7.99. The Kier molecular flexibility index (Phi) is 5.17. The largest absolute Gasteiger partial charge is 0.461 e. The van der Waals surface area contributed by atoms with Crippen LogP contribution < -0.4 is 0 Å². The van der Waals surface area contributed by atoms with Gasteiger partial charge < -0.3 is 19.4 Å². The topological polar surface area (TPSA) is 71.6 Å². The summed E-state index contributed by atoms with van der Waals surface area (Å²) in [5.74, 6) is 0.594. The second-order valence-electron chi connectivity index (χ2n) is 6.66. The van der Waals surface area contributed by atoms with Gasteiger partial charge in [0.25, 0.3) is 5.91 Å². The predicted octanol–water partition coefficient (Wildman–Crippen LogP) is 2.80. The average molecular weight is 374 g/mol. The maximum atomic E-state index is 13.0. The van der Waals surface area contributed by atoms with Crippen molar-refractivity contribution in [1.82, 2.24) is 9.88 Å². The molecule has 0 aliphatic carbocycles. The first-order valence-electron chi connectivity index (χ1n) is 8.97. The van der Waals surface area contributed by atoms with Crippen LogP contribution in [0.1, 0.15) is 29.6 Å². The summed E-state index contributed by atoms with van der Waals surface area (Å²) in [5.41, 5.74) is 1.51. The molecule has 2 aliphatic rings. The standard InChI is InChI=1S/C19H22N2O4S/c22-18(15-9-20-16-7-2-1-6-14(15)16)21-12-26-11-17(21)19(23)25-10-13-5-3-4-8-24-13/h1-2,6-7,9,13,17,20H,3-5,8,10-12H2/t13-,17+/m1/s1. The van der Waals surface area contributed by atoms with Crippen molar-refractivity contribution in [3.05, 3.63) is 36.0 Å². The number of H-pyrrole nitrogens is 1. The molecule has 0 radical (unpaired) electrons. The molecule has 0 saturated carbocycles. The number of fused-ring (bicyclic) bond motifs is 1. The highest BCUT2D eigenvalue weighted by Crippen LogP contribution is 2.27. The van der Waals surface area contributed by atoms with E-state index in [1.54, 1.807) is 22.9 Å². The van der Waals surface area contributed by atoms with Crippen LogP contribution >= 0.6 is 11.8 Å². The van der Waals surface area contributed by atoms with Crippen molar-refractivity contribution >= 4 is 34.5 Å². The number of carbonyl (C=O) groups excluding carboxylic acids is 2. The number of esters is 1. The number of carbonyl (C=O) groups is 2. The van der Waals surface area contributed by atoms with Gasteiger partial charge >= 0.3 is 5.97 Å². The van der Waals surface area contributed by atoms with Crippen LogP contribution in [0.25, 0.3) is 10.9 Å². The highest BCUT2D eigenvalue weighted by atomic mass is 32.2. The number of nitrogens with one attached hydrogen (secondary N) is 1. The first-order chi connectivity index (χ1) is 12.7. The van der Waals surface area contributed by atoms with Gasteiger partial charge in [0.1, 0.15) is 12.6 Å². The highest BCUT2D eigenvalue weighted by Gasteiger charge is 2.37. The SMILES string of the molecule is O=C(OC[C@H]1CCCCO1)[C@@H]1CSCN1C(=O)c1c[nH]c2ccccc12. The molecule has 2 aliphatic heterocycles. The van der Waals surface area contributed by atoms with Gasteiger partial charge in [0.05, 0.1) is 17.5 Å². The summed E-state index contributed by atoms with van der Waals surface area (Å²) >= 11 is 1.57. The number of rotatable bonds is 4. The van der Waals surface area contributed by atoms with Gasteiger partial charge in [-0.25, -0.2) is 4.79 Å². The van der Waals surface area contributed by atoms with E-state index in [0.29, 0.717) is 17.2 Å². The van der Waals surface area contributed by atoms with Gasteiger partial charge in [-0.2, -0.15) is 0 Å². The Morgan fingerprint density at radius 3 is 3.04 bits per heavy atom. The maximum Gasteiger partial charge on any atom is 0.329 e. The van der Waals surface area contributed by atoms with Crippen molar-refractivity contribution in [1.29, 1.82) is 0 Å². The number of hydrogen-bond acceptors (Lipinski definition) is 5. The molecule has 1 aromatic heterocycles. The van der Waals surface area contributed by atoms with Crippen molar-refractivity contribution in [3.8, 4) is 0 Å². The first-order valence-corrected chi connectivity index (χ1v) is 10.1. The summed E-state index contributed by atoms with van der Waals surface area (Å²) < 4.78 is 11.1. The lowest BCUT2D eigenvalue weighted by atomic mass is 10.1. The lowest BCUT2D eigenvalue weighted by Gasteiger charge is -2.25. The molecule has 2 aromatic rings. The molecule has 2 fully saturated rings. The lowest BCUT2D eigenvalue weighted by Crippen LogP contribution is -2.43. The summed E-state index contributed by atoms with van der Waals surface area (Å²) in [6.45, 7) is 1.00. The molecule has 7 heteroatoms. The molecule has 1 amide bonds. The molecule has 2 atom stereocenters. The molecule has 0 bridgehead atoms. The van der Waals surface area contributed by atoms with Crippen molar-refractivity contribution in [2.75, 3.05) is 24.8 Å². The van der Waals surface area contributed by atoms with E-state index in [2.05, 4.69) is 4.98 Å². The Balaban J connectivity index is 1.43. The molecule has 138 valence electrons. The predicted molar refractivity (Wildman–Crippen MR) is 100 cm³/mol. The third-order valence-electron chi connectivity index (χ3n) is 4.92. The zero-order valence-corrected chi connectivity index (χ0v) is 15.3. The summed E-state index contributed by atoms with van der Waals surface area (Å²) in [4.78, 5) is 30.3. The molecule has 26 heavy (non-hydrogen) atoms. The number of hydrogen-bond donors (Lipinski definition) is 1. The Morgan fingerprint density at radius 2 is 2.19 bits per heavy atom. The number of nitrogens with zero attached hydrogens (tertiary/aromatic N) is 1. The molecule has 1 aromatic carbocycles. The molecule has 2 saturated heterocycles. The van der Waals surface area contributed by atoms with E-state index in [1.165, 1.54) is 0 Å². The summed E-state index contributed by atoms with van der Waals surface area (Å²) in [6.07, 6.45) is 4.79. The Morgan fingerprint density at radius 1 is 1.31 bits per heavy atom. The summed E-state index contributed by atoms with van der Waals surface area (Å²) in [7, 11) is 0. The molecule has 4 rings (SSSR count). The molecule has 0 spiro atoms. The van der Waals surface area contributed by atoms with Gasteiger partial charge in [-0.15, -0.1) is 11.8 Å². The number of ether oxygens (including phenoxy) is 2. The van der Waals surface area contributed by atoms with Gasteiger partial charge in [-0.05, 0) is 25.3 Å². The summed E-state index contributed by atoms with van der Waals surface area (Å²) in [5, 5.41) is 0.872. The minimum absolute atomic E-state index is 0.0143. The smallest absolute Gasteiger partial charge is 0.329 e. The molecular formula is C19H22N2O4S. The lowest BCUT2D eigenvalue weighted by molar-refractivity contribution is -0.153. The van der Waals surface area contributed by atoms with E-state index in [4.69, 9.17) is 9.47 Å². The third-order valence-corrected chi connectivity index (χ3v) is 5.93. The average Bonchev–Trinajstić information content (AvgIpc) is 3.33. The van der Waals surface area contributed by atoms with E-state index in [1.807, 2.05) is 24.3 Å². The molecule has 6 nitrogen and oxygen atoms in total. The van der Waals surface area contributed by atoms with E-state index in [-0.39, 0.29) is 24.6 Å². The maximum absolute atomic E-state index is 13.0. The van der Waals surface area contributed by atoms with Crippen molar-refractivity contribution in [2.45, 2.75) is 31.4 Å². The van der Waals surface area contributed by atoms with Crippen LogP contribution in [0.5, 0.6) is 0 Å². The van der Waals surface area contributed by atoms with E-state index in [9.17, 15) is 9.59 Å². The monoisotopic (exact) mass is 374 g/mol. The Bertz CT molecular complexity index is 800. The van der Waals surface area contributed by atoms with Crippen LogP contribution in [0.3, 0.4) is 0 Å². The minimum atomic E-state index is -0.537. The number of benzene rings is 1. The van der Waals surface area contributed by atoms with Gasteiger partial charge in [-0.1, -0.05) is 18.2 Å². The Labute approximate surface area is 156 Å². The van der Waals surface area contributed by atoms with Crippen LogP contribution in [-0.4, -0.2) is 58.7 Å². The number of para-hydroxylation sites is 1. The molecule has 3 heterocycles. The van der Waals surface area contributed by atoms with Crippen molar-refractivity contribution in [3.63, 3.8) is 0 Å².